The summed E-state index contributed by atoms with van der Waals surface area (Å²) in [5.74, 6) is -0.0748. The highest BCUT2D eigenvalue weighted by Crippen LogP contribution is 2.30. The summed E-state index contributed by atoms with van der Waals surface area (Å²) >= 11 is 1.20. The molecule has 0 spiro atoms. The molecule has 0 saturated carbocycles. The fourth-order valence-electron chi connectivity index (χ4n) is 3.81. The van der Waals surface area contributed by atoms with Crippen LogP contribution in [-0.4, -0.2) is 60.1 Å². The lowest BCUT2D eigenvalue weighted by Gasteiger charge is -2.36. The largest absolute Gasteiger partial charge is 0.396 e. The maximum Gasteiger partial charge on any atom is 0.206 e. The predicted octanol–water partition coefficient (Wildman–Crippen LogP) is 3.08. The Labute approximate surface area is 196 Å². The van der Waals surface area contributed by atoms with Crippen LogP contribution in [-0.2, 0) is 0 Å². The molecular formula is C24H26N6O2S. The van der Waals surface area contributed by atoms with Gasteiger partial charge >= 0.3 is 0 Å². The first kappa shape index (κ1) is 22.7. The van der Waals surface area contributed by atoms with Gasteiger partial charge in [0, 0.05) is 56.3 Å². The molecule has 0 bridgehead atoms. The zero-order chi connectivity index (χ0) is 23.2. The van der Waals surface area contributed by atoms with Crippen molar-refractivity contribution in [1.29, 1.82) is 5.26 Å². The standard InChI is InChI=1S/C24H26N6O2S/c25-16-17-3-1-4-18(15-17)21(32)22-23(26)28-24(33-22)27-19-5-7-20(8-6-19)30-12-10-29(11-13-30)9-2-14-31/h1,3-8,15,31H,2,9-14,26H2,(H,27,28). The molecule has 0 radical (unpaired) electrons. The van der Waals surface area contributed by atoms with Gasteiger partial charge in [0.2, 0.25) is 5.78 Å². The summed E-state index contributed by atoms with van der Waals surface area (Å²) in [6, 6.07) is 16.7. The number of rotatable bonds is 8. The highest BCUT2D eigenvalue weighted by molar-refractivity contribution is 7.18. The second-order valence-corrected chi connectivity index (χ2v) is 8.83. The number of piperazine rings is 1. The number of hydrogen-bond donors (Lipinski definition) is 3. The average molecular weight is 463 g/mol. The van der Waals surface area contributed by atoms with Crippen molar-refractivity contribution in [3.05, 3.63) is 64.5 Å². The molecule has 4 rings (SSSR count). The van der Waals surface area contributed by atoms with Crippen LogP contribution in [0.3, 0.4) is 0 Å². The third-order valence-corrected chi connectivity index (χ3v) is 6.59. The summed E-state index contributed by atoms with van der Waals surface area (Å²) in [6.45, 7) is 5.08. The van der Waals surface area contributed by atoms with Crippen molar-refractivity contribution in [1.82, 2.24) is 9.88 Å². The maximum atomic E-state index is 12.8. The van der Waals surface area contributed by atoms with E-state index in [0.717, 1.165) is 50.5 Å². The Balaban J connectivity index is 1.39. The minimum atomic E-state index is -0.247. The van der Waals surface area contributed by atoms with E-state index in [1.165, 1.54) is 11.3 Å². The number of aliphatic hydroxyl groups is 1. The predicted molar refractivity (Wildman–Crippen MR) is 131 cm³/mol. The van der Waals surface area contributed by atoms with Crippen LogP contribution in [0.2, 0.25) is 0 Å². The van der Waals surface area contributed by atoms with E-state index in [9.17, 15) is 4.79 Å². The van der Waals surface area contributed by atoms with Gasteiger partial charge in [-0.1, -0.05) is 23.5 Å². The summed E-state index contributed by atoms with van der Waals surface area (Å²) < 4.78 is 0. The molecule has 33 heavy (non-hydrogen) atoms. The Morgan fingerprint density at radius 1 is 1.18 bits per heavy atom. The molecule has 0 atom stereocenters. The fraction of sp³-hybridized carbons (Fsp3) is 0.292. The number of aliphatic hydroxyl groups excluding tert-OH is 1. The number of nitrogens with zero attached hydrogens (tertiary/aromatic N) is 4. The molecule has 0 amide bonds. The van der Waals surface area contributed by atoms with Gasteiger partial charge in [-0.15, -0.1) is 0 Å². The Morgan fingerprint density at radius 3 is 2.64 bits per heavy atom. The molecule has 4 N–H and O–H groups in total. The third kappa shape index (κ3) is 5.49. The van der Waals surface area contributed by atoms with E-state index in [4.69, 9.17) is 16.1 Å². The molecule has 0 aliphatic carbocycles. The SMILES string of the molecule is N#Cc1cccc(C(=O)c2sc(Nc3ccc(N4CCN(CCCO)CC4)cc3)nc2N)c1. The Kier molecular flexibility index (Phi) is 7.19. The number of carbonyl (C=O) groups is 1. The monoisotopic (exact) mass is 462 g/mol. The molecule has 2 aromatic carbocycles. The number of nitrogen functional groups attached to an aromatic ring is 1. The number of nitrogens with two attached hydrogens (primary N) is 1. The van der Waals surface area contributed by atoms with Crippen molar-refractivity contribution in [3.8, 4) is 6.07 Å². The van der Waals surface area contributed by atoms with Crippen LogP contribution >= 0.6 is 11.3 Å². The second-order valence-electron chi connectivity index (χ2n) is 7.83. The zero-order valence-electron chi connectivity index (χ0n) is 18.2. The van der Waals surface area contributed by atoms with Crippen molar-refractivity contribution < 1.29 is 9.90 Å². The Morgan fingerprint density at radius 2 is 1.94 bits per heavy atom. The van der Waals surface area contributed by atoms with E-state index in [-0.39, 0.29) is 18.2 Å². The molecule has 0 unspecified atom stereocenters. The van der Waals surface area contributed by atoms with Gasteiger partial charge in [0.1, 0.15) is 10.7 Å². The summed E-state index contributed by atoms with van der Waals surface area (Å²) in [7, 11) is 0. The molecule has 1 aliphatic rings. The first-order valence-corrected chi connectivity index (χ1v) is 11.7. The third-order valence-electron chi connectivity index (χ3n) is 5.60. The minimum absolute atomic E-state index is 0.172. The van der Waals surface area contributed by atoms with E-state index in [1.54, 1.807) is 24.3 Å². The number of thiazole rings is 1. The van der Waals surface area contributed by atoms with Gasteiger partial charge in [0.25, 0.3) is 0 Å². The Bertz CT molecular complexity index is 1150. The normalized spacial score (nSPS) is 14.1. The van der Waals surface area contributed by atoms with E-state index in [0.29, 0.717) is 21.1 Å². The zero-order valence-corrected chi connectivity index (χ0v) is 19.0. The lowest BCUT2D eigenvalue weighted by Crippen LogP contribution is -2.46. The van der Waals surface area contributed by atoms with Gasteiger partial charge in [-0.25, -0.2) is 4.98 Å². The molecule has 170 valence electrons. The van der Waals surface area contributed by atoms with Gasteiger partial charge < -0.3 is 21.1 Å². The number of anilines is 4. The van der Waals surface area contributed by atoms with Crippen LogP contribution in [0.1, 0.15) is 27.2 Å². The molecule has 1 aromatic heterocycles. The highest BCUT2D eigenvalue weighted by Gasteiger charge is 2.19. The molecule has 1 saturated heterocycles. The van der Waals surface area contributed by atoms with E-state index < -0.39 is 0 Å². The number of aromatic nitrogens is 1. The molecule has 9 heteroatoms. The van der Waals surface area contributed by atoms with Crippen molar-refractivity contribution >= 4 is 39.4 Å². The minimum Gasteiger partial charge on any atom is -0.396 e. The van der Waals surface area contributed by atoms with Crippen molar-refractivity contribution in [3.63, 3.8) is 0 Å². The van der Waals surface area contributed by atoms with Gasteiger partial charge in [-0.2, -0.15) is 5.26 Å². The lowest BCUT2D eigenvalue weighted by atomic mass is 10.1. The van der Waals surface area contributed by atoms with Gasteiger partial charge in [-0.3, -0.25) is 9.69 Å². The number of benzene rings is 2. The van der Waals surface area contributed by atoms with Gasteiger partial charge in [-0.05, 0) is 42.8 Å². The maximum absolute atomic E-state index is 12.8. The molecule has 8 nitrogen and oxygen atoms in total. The summed E-state index contributed by atoms with van der Waals surface area (Å²) in [5.41, 5.74) is 8.88. The van der Waals surface area contributed by atoms with Crippen LogP contribution in [0.25, 0.3) is 0 Å². The van der Waals surface area contributed by atoms with Crippen LogP contribution in [0, 0.1) is 11.3 Å². The molecule has 3 aromatic rings. The second kappa shape index (κ2) is 10.4. The number of carbonyl (C=O) groups excluding carboxylic acids is 1. The summed E-state index contributed by atoms with van der Waals surface area (Å²) in [4.78, 5) is 22.2. The Hall–Kier alpha value is -3.45. The summed E-state index contributed by atoms with van der Waals surface area (Å²) in [5, 5.41) is 21.8. The van der Waals surface area contributed by atoms with Crippen molar-refractivity contribution in [2.24, 2.45) is 0 Å². The van der Waals surface area contributed by atoms with E-state index in [1.807, 2.05) is 18.2 Å². The fourth-order valence-corrected chi connectivity index (χ4v) is 4.68. The first-order chi connectivity index (χ1) is 16.1. The molecule has 1 fully saturated rings. The summed E-state index contributed by atoms with van der Waals surface area (Å²) in [6.07, 6.45) is 0.821. The van der Waals surface area contributed by atoms with Crippen LogP contribution < -0.4 is 16.0 Å². The quantitative estimate of drug-likeness (QED) is 0.437. The highest BCUT2D eigenvalue weighted by atomic mass is 32.1. The topological polar surface area (TPSA) is 119 Å². The smallest absolute Gasteiger partial charge is 0.206 e. The first-order valence-electron chi connectivity index (χ1n) is 10.8. The number of nitriles is 1. The van der Waals surface area contributed by atoms with Crippen LogP contribution in [0.4, 0.5) is 22.3 Å². The number of ketones is 1. The molecule has 1 aliphatic heterocycles. The lowest BCUT2D eigenvalue weighted by molar-refractivity contribution is 0.104. The number of hydrogen-bond acceptors (Lipinski definition) is 9. The molecular weight excluding hydrogens is 436 g/mol. The van der Waals surface area contributed by atoms with Crippen molar-refractivity contribution in [2.45, 2.75) is 6.42 Å². The van der Waals surface area contributed by atoms with Gasteiger partial charge in [0.05, 0.1) is 11.6 Å². The molecule has 2 heterocycles. The average Bonchev–Trinajstić information content (AvgIpc) is 3.22. The number of nitrogens with one attached hydrogen (secondary N) is 1. The van der Waals surface area contributed by atoms with Gasteiger partial charge in [0.15, 0.2) is 5.13 Å². The van der Waals surface area contributed by atoms with Crippen molar-refractivity contribution in [2.75, 3.05) is 55.3 Å². The van der Waals surface area contributed by atoms with E-state index >= 15 is 0 Å². The van der Waals surface area contributed by atoms with Crippen LogP contribution in [0.15, 0.2) is 48.5 Å². The van der Waals surface area contributed by atoms with Crippen LogP contribution in [0.5, 0.6) is 0 Å². The van der Waals surface area contributed by atoms with E-state index in [2.05, 4.69) is 32.2 Å².